The zero-order chi connectivity index (χ0) is 16.9. The molecule has 24 heavy (non-hydrogen) atoms. The molecule has 1 aliphatic carbocycles. The SMILES string of the molecule is COc1ccc2c(c1)CC(Nc1cccc(CCC(=O)O)c1)CC2. The highest BCUT2D eigenvalue weighted by Crippen LogP contribution is 2.27. The zero-order valence-corrected chi connectivity index (χ0v) is 13.9. The van der Waals surface area contributed by atoms with E-state index in [1.807, 2.05) is 24.3 Å². The van der Waals surface area contributed by atoms with Gasteiger partial charge in [0, 0.05) is 18.2 Å². The van der Waals surface area contributed by atoms with Crippen LogP contribution in [0.1, 0.15) is 29.5 Å². The van der Waals surface area contributed by atoms with Crippen molar-refractivity contribution in [3.63, 3.8) is 0 Å². The van der Waals surface area contributed by atoms with Crippen LogP contribution in [0, 0.1) is 0 Å². The van der Waals surface area contributed by atoms with Gasteiger partial charge in [-0.2, -0.15) is 0 Å². The monoisotopic (exact) mass is 325 g/mol. The smallest absolute Gasteiger partial charge is 0.303 e. The first-order valence-electron chi connectivity index (χ1n) is 8.37. The van der Waals surface area contributed by atoms with E-state index in [1.165, 1.54) is 11.1 Å². The number of aryl methyl sites for hydroxylation is 2. The Hall–Kier alpha value is -2.49. The predicted octanol–water partition coefficient (Wildman–Crippen LogP) is 3.68. The minimum Gasteiger partial charge on any atom is -0.497 e. The van der Waals surface area contributed by atoms with E-state index in [-0.39, 0.29) is 6.42 Å². The normalized spacial score (nSPS) is 16.3. The molecule has 0 spiro atoms. The van der Waals surface area contributed by atoms with E-state index in [9.17, 15) is 4.79 Å². The first-order valence-corrected chi connectivity index (χ1v) is 8.37. The standard InChI is InChI=1S/C20H23NO3/c1-24-19-9-7-15-6-8-18(12-16(15)13-19)21-17-4-2-3-14(11-17)5-10-20(22)23/h2-4,7,9,11,13,18,21H,5-6,8,10,12H2,1H3,(H,22,23). The number of hydrogen-bond donors (Lipinski definition) is 2. The van der Waals surface area contributed by atoms with E-state index in [4.69, 9.17) is 9.84 Å². The zero-order valence-electron chi connectivity index (χ0n) is 13.9. The molecule has 1 unspecified atom stereocenters. The summed E-state index contributed by atoms with van der Waals surface area (Å²) in [4.78, 5) is 10.7. The maximum Gasteiger partial charge on any atom is 0.303 e. The molecule has 1 atom stereocenters. The summed E-state index contributed by atoms with van der Waals surface area (Å²) in [6.45, 7) is 0. The molecule has 0 amide bonds. The molecule has 4 heteroatoms. The van der Waals surface area contributed by atoms with Gasteiger partial charge in [0.05, 0.1) is 7.11 Å². The second kappa shape index (κ2) is 7.39. The molecule has 0 bridgehead atoms. The highest BCUT2D eigenvalue weighted by molar-refractivity contribution is 5.67. The van der Waals surface area contributed by atoms with Crippen molar-refractivity contribution in [2.45, 2.75) is 38.1 Å². The van der Waals surface area contributed by atoms with Crippen LogP contribution in [0.5, 0.6) is 5.75 Å². The molecule has 2 aromatic rings. The van der Waals surface area contributed by atoms with Crippen molar-refractivity contribution in [1.29, 1.82) is 0 Å². The Morgan fingerprint density at radius 2 is 2.12 bits per heavy atom. The predicted molar refractivity (Wildman–Crippen MR) is 94.8 cm³/mol. The first kappa shape index (κ1) is 16.4. The largest absolute Gasteiger partial charge is 0.497 e. The van der Waals surface area contributed by atoms with Gasteiger partial charge in [-0.05, 0) is 66.6 Å². The molecule has 0 radical (unpaired) electrons. The number of hydrogen-bond acceptors (Lipinski definition) is 3. The van der Waals surface area contributed by atoms with Crippen molar-refractivity contribution in [3.8, 4) is 5.75 Å². The second-order valence-corrected chi connectivity index (χ2v) is 6.31. The highest BCUT2D eigenvalue weighted by atomic mass is 16.5. The number of ether oxygens (including phenoxy) is 1. The van der Waals surface area contributed by atoms with E-state index in [0.717, 1.165) is 36.3 Å². The fraction of sp³-hybridized carbons (Fsp3) is 0.350. The summed E-state index contributed by atoms with van der Waals surface area (Å²) in [7, 11) is 1.70. The number of fused-ring (bicyclic) bond motifs is 1. The molecule has 0 saturated carbocycles. The summed E-state index contributed by atoms with van der Waals surface area (Å²) < 4.78 is 5.33. The van der Waals surface area contributed by atoms with Crippen LogP contribution in [0.15, 0.2) is 42.5 Å². The minimum absolute atomic E-state index is 0.167. The quantitative estimate of drug-likeness (QED) is 0.850. The third-order valence-electron chi connectivity index (χ3n) is 4.57. The highest BCUT2D eigenvalue weighted by Gasteiger charge is 2.19. The Bertz CT molecular complexity index is 727. The third-order valence-corrected chi connectivity index (χ3v) is 4.57. The molecule has 126 valence electrons. The minimum atomic E-state index is -0.758. The topological polar surface area (TPSA) is 58.6 Å². The van der Waals surface area contributed by atoms with Crippen molar-refractivity contribution in [2.75, 3.05) is 12.4 Å². The van der Waals surface area contributed by atoms with Gasteiger partial charge in [-0.1, -0.05) is 18.2 Å². The number of carboxylic acids is 1. The Morgan fingerprint density at radius 3 is 2.92 bits per heavy atom. The van der Waals surface area contributed by atoms with Gasteiger partial charge in [-0.3, -0.25) is 4.79 Å². The summed E-state index contributed by atoms with van der Waals surface area (Å²) in [5.74, 6) is 0.149. The summed E-state index contributed by atoms with van der Waals surface area (Å²) in [5.41, 5.74) is 4.87. The Morgan fingerprint density at radius 1 is 1.25 bits per heavy atom. The molecule has 2 aromatic carbocycles. The molecular weight excluding hydrogens is 302 g/mol. The van der Waals surface area contributed by atoms with Crippen molar-refractivity contribution in [2.24, 2.45) is 0 Å². The lowest BCUT2D eigenvalue weighted by atomic mass is 9.88. The van der Waals surface area contributed by atoms with Crippen LogP contribution in [-0.2, 0) is 24.1 Å². The van der Waals surface area contributed by atoms with E-state index >= 15 is 0 Å². The lowest BCUT2D eigenvalue weighted by molar-refractivity contribution is -0.136. The van der Waals surface area contributed by atoms with Crippen LogP contribution >= 0.6 is 0 Å². The van der Waals surface area contributed by atoms with Crippen LogP contribution in [0.4, 0.5) is 5.69 Å². The number of anilines is 1. The molecule has 0 aromatic heterocycles. The summed E-state index contributed by atoms with van der Waals surface area (Å²) >= 11 is 0. The van der Waals surface area contributed by atoms with Crippen LogP contribution < -0.4 is 10.1 Å². The van der Waals surface area contributed by atoms with Gasteiger partial charge in [0.2, 0.25) is 0 Å². The fourth-order valence-corrected chi connectivity index (χ4v) is 3.29. The molecular formula is C20H23NO3. The molecule has 0 aliphatic heterocycles. The lowest BCUT2D eigenvalue weighted by Crippen LogP contribution is -2.27. The molecule has 0 fully saturated rings. The number of nitrogens with one attached hydrogen (secondary N) is 1. The second-order valence-electron chi connectivity index (χ2n) is 6.31. The van der Waals surface area contributed by atoms with Crippen LogP contribution in [0.2, 0.25) is 0 Å². The maximum absolute atomic E-state index is 10.7. The average molecular weight is 325 g/mol. The number of benzene rings is 2. The van der Waals surface area contributed by atoms with Crippen LogP contribution in [-0.4, -0.2) is 24.2 Å². The number of carbonyl (C=O) groups is 1. The van der Waals surface area contributed by atoms with Crippen molar-refractivity contribution in [3.05, 3.63) is 59.2 Å². The van der Waals surface area contributed by atoms with Gasteiger partial charge in [0.1, 0.15) is 5.75 Å². The summed E-state index contributed by atoms with van der Waals surface area (Å²) in [6, 6.07) is 14.8. The fourth-order valence-electron chi connectivity index (χ4n) is 3.29. The molecule has 4 nitrogen and oxygen atoms in total. The Kier molecular flexibility index (Phi) is 5.04. The number of carboxylic acid groups (broad SMARTS) is 1. The van der Waals surface area contributed by atoms with Crippen LogP contribution in [0.25, 0.3) is 0 Å². The molecule has 0 saturated heterocycles. The van der Waals surface area contributed by atoms with Gasteiger partial charge >= 0.3 is 5.97 Å². The number of rotatable bonds is 6. The van der Waals surface area contributed by atoms with E-state index in [0.29, 0.717) is 12.5 Å². The van der Waals surface area contributed by atoms with Gasteiger partial charge in [-0.25, -0.2) is 0 Å². The van der Waals surface area contributed by atoms with E-state index in [1.54, 1.807) is 7.11 Å². The van der Waals surface area contributed by atoms with Crippen molar-refractivity contribution < 1.29 is 14.6 Å². The van der Waals surface area contributed by atoms with Gasteiger partial charge in [0.25, 0.3) is 0 Å². The number of methoxy groups -OCH3 is 1. The summed E-state index contributed by atoms with van der Waals surface area (Å²) in [6.07, 6.45) is 3.87. The Labute approximate surface area is 142 Å². The van der Waals surface area contributed by atoms with Gasteiger partial charge in [-0.15, -0.1) is 0 Å². The lowest BCUT2D eigenvalue weighted by Gasteiger charge is -2.27. The molecule has 1 aliphatic rings. The Balaban J connectivity index is 1.66. The molecule has 2 N–H and O–H groups in total. The maximum atomic E-state index is 10.7. The van der Waals surface area contributed by atoms with E-state index in [2.05, 4.69) is 23.5 Å². The molecule has 0 heterocycles. The third kappa shape index (κ3) is 4.07. The van der Waals surface area contributed by atoms with Crippen molar-refractivity contribution in [1.82, 2.24) is 0 Å². The summed E-state index contributed by atoms with van der Waals surface area (Å²) in [5, 5.41) is 12.4. The molecule has 3 rings (SSSR count). The average Bonchev–Trinajstić information content (AvgIpc) is 2.59. The van der Waals surface area contributed by atoms with E-state index < -0.39 is 5.97 Å². The number of aliphatic carboxylic acids is 1. The van der Waals surface area contributed by atoms with Gasteiger partial charge in [0.15, 0.2) is 0 Å². The van der Waals surface area contributed by atoms with Gasteiger partial charge < -0.3 is 15.2 Å². The van der Waals surface area contributed by atoms with Crippen molar-refractivity contribution >= 4 is 11.7 Å². The first-order chi connectivity index (χ1) is 11.6. The van der Waals surface area contributed by atoms with Crippen LogP contribution in [0.3, 0.4) is 0 Å².